The average Bonchev–Trinajstić information content (AvgIpc) is 2.25. The zero-order valence-corrected chi connectivity index (χ0v) is 10.00. The number of hydrogen-bond acceptors (Lipinski definition) is 1. The Balaban J connectivity index is 2.21. The van der Waals surface area contributed by atoms with Crippen LogP contribution >= 0.6 is 11.6 Å². The lowest BCUT2D eigenvalue weighted by atomic mass is 9.61. The van der Waals surface area contributed by atoms with Crippen molar-refractivity contribution in [1.82, 2.24) is 4.90 Å². The first-order valence-corrected chi connectivity index (χ1v) is 6.11. The molecular formula is C13H14ClNO. The third-order valence-electron chi connectivity index (χ3n) is 4.01. The first-order valence-electron chi connectivity index (χ1n) is 5.67. The summed E-state index contributed by atoms with van der Waals surface area (Å²) < 4.78 is 0. The van der Waals surface area contributed by atoms with Crippen molar-refractivity contribution in [1.29, 1.82) is 0 Å². The Morgan fingerprint density at radius 1 is 1.38 bits per heavy atom. The van der Waals surface area contributed by atoms with Gasteiger partial charge in [0.05, 0.1) is 5.41 Å². The van der Waals surface area contributed by atoms with E-state index < -0.39 is 0 Å². The molecule has 2 aliphatic rings. The Morgan fingerprint density at radius 3 is 2.69 bits per heavy atom. The maximum atomic E-state index is 12.3. The van der Waals surface area contributed by atoms with Crippen LogP contribution in [0.1, 0.15) is 35.9 Å². The van der Waals surface area contributed by atoms with Crippen LogP contribution < -0.4 is 0 Å². The van der Waals surface area contributed by atoms with Gasteiger partial charge in [0.15, 0.2) is 0 Å². The molecule has 1 saturated carbocycles. The number of nitrogens with zero attached hydrogens (tertiary/aromatic N) is 1. The molecule has 1 fully saturated rings. The molecule has 3 heteroatoms. The predicted octanol–water partition coefficient (Wildman–Crippen LogP) is 2.82. The van der Waals surface area contributed by atoms with Crippen molar-refractivity contribution in [2.45, 2.75) is 30.2 Å². The number of benzene rings is 1. The van der Waals surface area contributed by atoms with Crippen molar-refractivity contribution in [3.63, 3.8) is 0 Å². The molecule has 16 heavy (non-hydrogen) atoms. The normalized spacial score (nSPS) is 26.5. The first kappa shape index (κ1) is 10.2. The van der Waals surface area contributed by atoms with Crippen molar-refractivity contribution in [3.8, 4) is 0 Å². The molecule has 1 aliphatic heterocycles. The van der Waals surface area contributed by atoms with Crippen molar-refractivity contribution in [2.24, 2.45) is 0 Å². The Labute approximate surface area is 100 Å². The van der Waals surface area contributed by atoms with Crippen LogP contribution in [-0.4, -0.2) is 17.9 Å². The van der Waals surface area contributed by atoms with E-state index >= 15 is 0 Å². The quantitative estimate of drug-likeness (QED) is 0.500. The van der Waals surface area contributed by atoms with Gasteiger partial charge in [0.1, 0.15) is 5.50 Å². The third kappa shape index (κ3) is 1.06. The molecule has 1 heterocycles. The Morgan fingerprint density at radius 2 is 2.06 bits per heavy atom. The fourth-order valence-corrected chi connectivity index (χ4v) is 3.20. The van der Waals surface area contributed by atoms with Gasteiger partial charge in [-0.05, 0) is 24.0 Å². The average molecular weight is 236 g/mol. The lowest BCUT2D eigenvalue weighted by molar-refractivity contribution is -0.141. The van der Waals surface area contributed by atoms with Gasteiger partial charge >= 0.3 is 0 Å². The molecule has 84 valence electrons. The highest BCUT2D eigenvalue weighted by atomic mass is 35.5. The summed E-state index contributed by atoms with van der Waals surface area (Å²) in [5.41, 5.74) is 1.70. The topological polar surface area (TPSA) is 20.3 Å². The zero-order chi connectivity index (χ0) is 11.3. The van der Waals surface area contributed by atoms with Crippen molar-refractivity contribution in [3.05, 3.63) is 35.4 Å². The second-order valence-electron chi connectivity index (χ2n) is 4.77. The van der Waals surface area contributed by atoms with E-state index in [9.17, 15) is 4.79 Å². The fraction of sp³-hybridized carbons (Fsp3) is 0.462. The molecule has 3 rings (SSSR count). The Bertz CT molecular complexity index is 453. The molecular weight excluding hydrogens is 222 g/mol. The number of alkyl halides is 1. The molecule has 1 atom stereocenters. The molecule has 0 radical (unpaired) electrons. The van der Waals surface area contributed by atoms with Gasteiger partial charge in [-0.15, -0.1) is 0 Å². The fourth-order valence-electron chi connectivity index (χ4n) is 2.92. The number of rotatable bonds is 0. The Hall–Kier alpha value is -1.02. The van der Waals surface area contributed by atoms with E-state index in [0.29, 0.717) is 0 Å². The number of fused-ring (bicyclic) bond motifs is 2. The van der Waals surface area contributed by atoms with Gasteiger partial charge in [-0.25, -0.2) is 0 Å². The second-order valence-corrected chi connectivity index (χ2v) is 5.19. The number of likely N-dealkylation sites (N-methyl/N-ethyl adjacent to an activating group) is 1. The van der Waals surface area contributed by atoms with Crippen LogP contribution in [0.25, 0.3) is 0 Å². The van der Waals surface area contributed by atoms with Gasteiger partial charge in [0, 0.05) is 7.05 Å². The van der Waals surface area contributed by atoms with Crippen LogP contribution in [0.5, 0.6) is 0 Å². The summed E-state index contributed by atoms with van der Waals surface area (Å²) in [4.78, 5) is 14.0. The minimum absolute atomic E-state index is 0.192. The van der Waals surface area contributed by atoms with Crippen LogP contribution in [0.3, 0.4) is 0 Å². The molecule has 2 nitrogen and oxygen atoms in total. The molecule has 1 aromatic carbocycles. The zero-order valence-electron chi connectivity index (χ0n) is 9.24. The van der Waals surface area contributed by atoms with E-state index in [2.05, 4.69) is 6.07 Å². The molecule has 0 bridgehead atoms. The first-order chi connectivity index (χ1) is 7.67. The van der Waals surface area contributed by atoms with E-state index in [1.807, 2.05) is 18.2 Å². The smallest absolute Gasteiger partial charge is 0.234 e. The van der Waals surface area contributed by atoms with Crippen LogP contribution in [0.4, 0.5) is 0 Å². The lowest BCUT2D eigenvalue weighted by Crippen LogP contribution is -2.54. The third-order valence-corrected chi connectivity index (χ3v) is 4.54. The van der Waals surface area contributed by atoms with Gasteiger partial charge in [-0.3, -0.25) is 4.79 Å². The summed E-state index contributed by atoms with van der Waals surface area (Å²) in [6.07, 6.45) is 3.08. The van der Waals surface area contributed by atoms with Gasteiger partial charge in [0.25, 0.3) is 0 Å². The van der Waals surface area contributed by atoms with Crippen LogP contribution in [0.2, 0.25) is 0 Å². The second kappa shape index (κ2) is 3.24. The summed E-state index contributed by atoms with van der Waals surface area (Å²) >= 11 is 6.31. The number of carbonyl (C=O) groups is 1. The van der Waals surface area contributed by atoms with E-state index in [0.717, 1.165) is 30.4 Å². The molecule has 1 spiro atoms. The van der Waals surface area contributed by atoms with Crippen LogP contribution in [-0.2, 0) is 10.2 Å². The minimum Gasteiger partial charge on any atom is -0.324 e. The molecule has 1 aliphatic carbocycles. The van der Waals surface area contributed by atoms with Gasteiger partial charge in [0.2, 0.25) is 5.91 Å². The monoisotopic (exact) mass is 235 g/mol. The predicted molar refractivity (Wildman–Crippen MR) is 63.3 cm³/mol. The number of halogens is 1. The van der Waals surface area contributed by atoms with E-state index in [1.54, 1.807) is 11.9 Å². The summed E-state index contributed by atoms with van der Waals surface area (Å²) in [7, 11) is 1.80. The summed E-state index contributed by atoms with van der Waals surface area (Å²) in [5.74, 6) is 0.192. The van der Waals surface area contributed by atoms with Crippen molar-refractivity contribution >= 4 is 17.5 Å². The highest BCUT2D eigenvalue weighted by Gasteiger charge is 2.52. The van der Waals surface area contributed by atoms with Crippen molar-refractivity contribution < 1.29 is 4.79 Å². The minimum atomic E-state index is -0.310. The van der Waals surface area contributed by atoms with Crippen LogP contribution in [0.15, 0.2) is 24.3 Å². The number of hydrogen-bond donors (Lipinski definition) is 0. The molecule has 0 saturated heterocycles. The summed E-state index contributed by atoms with van der Waals surface area (Å²) in [6, 6.07) is 8.09. The maximum Gasteiger partial charge on any atom is 0.234 e. The Kier molecular flexibility index (Phi) is 2.05. The van der Waals surface area contributed by atoms with Gasteiger partial charge < -0.3 is 4.90 Å². The number of amides is 1. The van der Waals surface area contributed by atoms with Crippen molar-refractivity contribution in [2.75, 3.05) is 7.05 Å². The van der Waals surface area contributed by atoms with E-state index in [4.69, 9.17) is 11.6 Å². The standard InChI is InChI=1S/C13H14ClNO/c1-15-11(14)9-5-2-3-6-10(9)13(12(15)16)7-4-8-13/h2-3,5-6,11H,4,7-8H2,1H3. The summed E-state index contributed by atoms with van der Waals surface area (Å²) in [5, 5.41) is 0. The molecule has 1 unspecified atom stereocenters. The highest BCUT2D eigenvalue weighted by Crippen LogP contribution is 2.52. The van der Waals surface area contributed by atoms with Gasteiger partial charge in [-0.2, -0.15) is 0 Å². The molecule has 0 aromatic heterocycles. The summed E-state index contributed by atoms with van der Waals surface area (Å²) in [6.45, 7) is 0. The molecule has 0 N–H and O–H groups in total. The maximum absolute atomic E-state index is 12.3. The van der Waals surface area contributed by atoms with Gasteiger partial charge in [-0.1, -0.05) is 42.3 Å². The molecule has 1 aromatic rings. The highest BCUT2D eigenvalue weighted by molar-refractivity contribution is 6.22. The van der Waals surface area contributed by atoms with E-state index in [-0.39, 0.29) is 16.8 Å². The van der Waals surface area contributed by atoms with Crippen LogP contribution in [0, 0.1) is 0 Å². The SMILES string of the molecule is CN1C(=O)C2(CCC2)c2ccccc2C1Cl. The lowest BCUT2D eigenvalue weighted by Gasteiger charge is -2.49. The molecule has 1 amide bonds. The van der Waals surface area contributed by atoms with E-state index in [1.165, 1.54) is 0 Å². The largest absolute Gasteiger partial charge is 0.324 e. The number of carbonyl (C=O) groups excluding carboxylic acids is 1.